The van der Waals surface area contributed by atoms with Gasteiger partial charge in [-0.25, -0.2) is 0 Å². The van der Waals surface area contributed by atoms with Gasteiger partial charge in [-0.3, -0.25) is 4.90 Å². The summed E-state index contributed by atoms with van der Waals surface area (Å²) in [6.07, 6.45) is 5.68. The summed E-state index contributed by atoms with van der Waals surface area (Å²) in [5, 5.41) is 0. The molecule has 3 heterocycles. The van der Waals surface area contributed by atoms with Gasteiger partial charge in [-0.1, -0.05) is 0 Å². The van der Waals surface area contributed by atoms with Gasteiger partial charge in [0.1, 0.15) is 25.2 Å². The third-order valence-corrected chi connectivity index (χ3v) is 6.62. The first kappa shape index (κ1) is 15.7. The summed E-state index contributed by atoms with van der Waals surface area (Å²) in [5.41, 5.74) is 0. The van der Waals surface area contributed by atoms with E-state index in [4.69, 9.17) is 4.74 Å². The van der Waals surface area contributed by atoms with Crippen LogP contribution in [0.3, 0.4) is 0 Å². The van der Waals surface area contributed by atoms with E-state index in [2.05, 4.69) is 26.0 Å². The average Bonchev–Trinajstić information content (AvgIpc) is 2.40. The first-order valence-corrected chi connectivity index (χ1v) is 8.97. The van der Waals surface area contributed by atoms with Crippen LogP contribution < -0.4 is 0 Å². The van der Waals surface area contributed by atoms with Gasteiger partial charge in [0.05, 0.1) is 54.0 Å². The minimum atomic E-state index is 0.880. The first-order valence-electron chi connectivity index (χ1n) is 8.97. The maximum atomic E-state index is 5.51. The highest BCUT2D eigenvalue weighted by atomic mass is 16.5. The molecule has 0 aromatic heterocycles. The molecule has 0 saturated carbocycles. The van der Waals surface area contributed by atoms with Gasteiger partial charge in [-0.15, -0.1) is 0 Å². The van der Waals surface area contributed by atoms with Gasteiger partial charge in [-0.2, -0.15) is 0 Å². The van der Waals surface area contributed by atoms with E-state index in [1.807, 2.05) is 0 Å². The number of likely N-dealkylation sites (tertiary alicyclic amines) is 1. The van der Waals surface area contributed by atoms with E-state index in [0.29, 0.717) is 0 Å². The molecule has 4 nitrogen and oxygen atoms in total. The standard InChI is InChI=1S/C17H35N3O/c1-19(2)16-6-4-7-17(19)15-18(14-16)8-5-9-20(3)10-12-21-13-11-20/h16-17H,4-15H2,1-3H3/q+2. The average molecular weight is 297 g/mol. The number of fused-ring (bicyclic) bond motifs is 2. The first-order chi connectivity index (χ1) is 10.00. The van der Waals surface area contributed by atoms with Crippen molar-refractivity contribution < 1.29 is 13.7 Å². The predicted octanol–water partition coefficient (Wildman–Crippen LogP) is 1.17. The van der Waals surface area contributed by atoms with Crippen molar-refractivity contribution in [3.05, 3.63) is 0 Å². The van der Waals surface area contributed by atoms with Crippen LogP contribution in [-0.4, -0.2) is 99.6 Å². The fourth-order valence-electron chi connectivity index (χ4n) is 4.69. The summed E-state index contributed by atoms with van der Waals surface area (Å²) in [4.78, 5) is 2.77. The van der Waals surface area contributed by atoms with Crippen LogP contribution in [-0.2, 0) is 4.74 Å². The summed E-state index contributed by atoms with van der Waals surface area (Å²) < 4.78 is 8.01. The number of hydrogen-bond acceptors (Lipinski definition) is 2. The predicted molar refractivity (Wildman–Crippen MR) is 86.2 cm³/mol. The van der Waals surface area contributed by atoms with E-state index in [0.717, 1.165) is 25.3 Å². The molecule has 2 atom stereocenters. The number of morpholine rings is 1. The Labute approximate surface area is 130 Å². The number of ether oxygens (including phenoxy) is 1. The van der Waals surface area contributed by atoms with Crippen molar-refractivity contribution in [3.8, 4) is 0 Å². The topological polar surface area (TPSA) is 12.5 Å². The number of piperidine rings is 1. The van der Waals surface area contributed by atoms with Crippen LogP contribution in [0.5, 0.6) is 0 Å². The third-order valence-electron chi connectivity index (χ3n) is 6.62. The van der Waals surface area contributed by atoms with Crippen molar-refractivity contribution in [3.63, 3.8) is 0 Å². The molecule has 0 N–H and O–H groups in total. The lowest BCUT2D eigenvalue weighted by Crippen LogP contribution is -2.68. The molecular weight excluding hydrogens is 262 g/mol. The largest absolute Gasteiger partial charge is 0.370 e. The molecule has 2 unspecified atom stereocenters. The van der Waals surface area contributed by atoms with Crippen molar-refractivity contribution in [2.24, 2.45) is 0 Å². The quantitative estimate of drug-likeness (QED) is 0.722. The van der Waals surface area contributed by atoms with Gasteiger partial charge >= 0.3 is 0 Å². The molecule has 21 heavy (non-hydrogen) atoms. The second-order valence-electron chi connectivity index (χ2n) is 8.38. The Morgan fingerprint density at radius 3 is 2.24 bits per heavy atom. The van der Waals surface area contributed by atoms with E-state index in [1.165, 1.54) is 73.9 Å². The second kappa shape index (κ2) is 6.15. The van der Waals surface area contributed by atoms with Crippen LogP contribution in [0.15, 0.2) is 0 Å². The maximum Gasteiger partial charge on any atom is 0.102 e. The molecule has 3 aliphatic heterocycles. The van der Waals surface area contributed by atoms with Crippen LogP contribution in [0.4, 0.5) is 0 Å². The van der Waals surface area contributed by atoms with Gasteiger partial charge in [0.2, 0.25) is 0 Å². The molecule has 0 spiro atoms. The molecule has 4 heteroatoms. The van der Waals surface area contributed by atoms with Crippen LogP contribution in [0.25, 0.3) is 0 Å². The molecule has 0 aromatic rings. The number of likely N-dealkylation sites (N-methyl/N-ethyl adjacent to an activating group) is 2. The normalized spacial score (nSPS) is 35.6. The summed E-state index contributed by atoms with van der Waals surface area (Å²) in [7, 11) is 7.34. The Bertz CT molecular complexity index is 336. The van der Waals surface area contributed by atoms with Gasteiger partial charge in [0.25, 0.3) is 0 Å². The lowest BCUT2D eigenvalue weighted by Gasteiger charge is -2.54. The zero-order valence-corrected chi connectivity index (χ0v) is 14.4. The van der Waals surface area contributed by atoms with Crippen molar-refractivity contribution in [1.29, 1.82) is 0 Å². The third kappa shape index (κ3) is 3.44. The van der Waals surface area contributed by atoms with Crippen molar-refractivity contribution >= 4 is 0 Å². The number of piperazine rings is 1. The Hall–Kier alpha value is -0.160. The zero-order chi connectivity index (χ0) is 14.9. The minimum absolute atomic E-state index is 0.880. The second-order valence-corrected chi connectivity index (χ2v) is 8.38. The Morgan fingerprint density at radius 2 is 1.62 bits per heavy atom. The van der Waals surface area contributed by atoms with Crippen LogP contribution in [0.1, 0.15) is 25.7 Å². The van der Waals surface area contributed by atoms with E-state index < -0.39 is 0 Å². The summed E-state index contributed by atoms with van der Waals surface area (Å²) in [5.74, 6) is 0. The minimum Gasteiger partial charge on any atom is -0.370 e. The smallest absolute Gasteiger partial charge is 0.102 e. The van der Waals surface area contributed by atoms with E-state index in [-0.39, 0.29) is 0 Å². The molecule has 0 aliphatic carbocycles. The molecule has 0 aromatic carbocycles. The lowest BCUT2D eigenvalue weighted by molar-refractivity contribution is -0.948. The molecule has 0 radical (unpaired) electrons. The van der Waals surface area contributed by atoms with E-state index in [9.17, 15) is 0 Å². The molecule has 122 valence electrons. The SMILES string of the molecule is C[N+]1(CCCN2CC3CCCC(C2)[N+]3(C)C)CCOCC1. The van der Waals surface area contributed by atoms with Crippen LogP contribution >= 0.6 is 0 Å². The Morgan fingerprint density at radius 1 is 1.00 bits per heavy atom. The van der Waals surface area contributed by atoms with Gasteiger partial charge in [0.15, 0.2) is 0 Å². The monoisotopic (exact) mass is 297 g/mol. The highest BCUT2D eigenvalue weighted by molar-refractivity contribution is 4.83. The molecular formula is C17H35N3O+2. The van der Waals surface area contributed by atoms with E-state index in [1.54, 1.807) is 0 Å². The Kier molecular flexibility index (Phi) is 4.60. The fraction of sp³-hybridized carbons (Fsp3) is 1.00. The molecule has 3 saturated heterocycles. The van der Waals surface area contributed by atoms with Crippen molar-refractivity contribution in [2.45, 2.75) is 37.8 Å². The number of quaternary nitrogens is 2. The zero-order valence-electron chi connectivity index (χ0n) is 14.4. The van der Waals surface area contributed by atoms with E-state index >= 15 is 0 Å². The number of nitrogens with zero attached hydrogens (tertiary/aromatic N) is 3. The molecule has 3 fully saturated rings. The maximum absolute atomic E-state index is 5.51. The number of rotatable bonds is 4. The summed E-state index contributed by atoms with van der Waals surface area (Å²) in [6.45, 7) is 9.61. The van der Waals surface area contributed by atoms with Crippen LogP contribution in [0, 0.1) is 0 Å². The highest BCUT2D eigenvalue weighted by Gasteiger charge is 2.45. The molecule has 3 aliphatic rings. The van der Waals surface area contributed by atoms with Crippen LogP contribution in [0.2, 0.25) is 0 Å². The summed E-state index contributed by atoms with van der Waals surface area (Å²) in [6, 6.07) is 1.76. The van der Waals surface area contributed by atoms with Crippen molar-refractivity contribution in [1.82, 2.24) is 4.90 Å². The van der Waals surface area contributed by atoms with Gasteiger partial charge < -0.3 is 13.7 Å². The fourth-order valence-corrected chi connectivity index (χ4v) is 4.69. The molecule has 0 amide bonds. The van der Waals surface area contributed by atoms with Gasteiger partial charge in [0, 0.05) is 25.8 Å². The molecule has 3 rings (SSSR count). The van der Waals surface area contributed by atoms with Crippen molar-refractivity contribution in [2.75, 3.05) is 73.6 Å². The highest BCUT2D eigenvalue weighted by Crippen LogP contribution is 2.32. The van der Waals surface area contributed by atoms with Gasteiger partial charge in [-0.05, 0) is 6.42 Å². The number of hydrogen-bond donors (Lipinski definition) is 0. The lowest BCUT2D eigenvalue weighted by atomic mass is 9.89. The summed E-state index contributed by atoms with van der Waals surface area (Å²) >= 11 is 0. The Balaban J connectivity index is 1.46. The molecule has 2 bridgehead atoms.